The fraction of sp³-hybridized carbons (Fsp3) is 0.333. The number of aromatic nitrogens is 3. The maximum atomic E-state index is 13.4. The van der Waals surface area contributed by atoms with E-state index in [0.717, 1.165) is 35.0 Å². The molecule has 1 aliphatic carbocycles. The second-order valence-corrected chi connectivity index (χ2v) is 6.32. The molecule has 2 heterocycles. The molecule has 0 saturated heterocycles. The highest BCUT2D eigenvalue weighted by molar-refractivity contribution is 5.80. The highest BCUT2D eigenvalue weighted by Gasteiger charge is 2.30. The van der Waals surface area contributed by atoms with Gasteiger partial charge in [0, 0.05) is 11.8 Å². The van der Waals surface area contributed by atoms with Gasteiger partial charge < -0.3 is 5.11 Å². The Balaban J connectivity index is 1.72. The minimum absolute atomic E-state index is 0.208. The standard InChI is InChI=1S/C18H18FN3O/c1-11-6-13(4-5-15(11)19)14-7-17-16(20-8-14)9-21-22(17)10-18(23)12-2-3-12/h4-9,12,18,23H,2-3,10H2,1H3/t18-/m1/s1. The first-order valence-corrected chi connectivity index (χ1v) is 7.88. The van der Waals surface area contributed by atoms with Crippen LogP contribution in [0.4, 0.5) is 4.39 Å². The topological polar surface area (TPSA) is 50.9 Å². The normalized spacial score (nSPS) is 16.0. The zero-order chi connectivity index (χ0) is 16.0. The second-order valence-electron chi connectivity index (χ2n) is 6.32. The van der Waals surface area contributed by atoms with E-state index in [-0.39, 0.29) is 11.9 Å². The van der Waals surface area contributed by atoms with Crippen LogP contribution in [0.15, 0.2) is 36.7 Å². The summed E-state index contributed by atoms with van der Waals surface area (Å²) in [4.78, 5) is 4.44. The Kier molecular flexibility index (Phi) is 3.38. The largest absolute Gasteiger partial charge is 0.391 e. The van der Waals surface area contributed by atoms with E-state index in [1.165, 1.54) is 6.07 Å². The number of pyridine rings is 1. The predicted octanol–water partition coefficient (Wildman–Crippen LogP) is 3.32. The van der Waals surface area contributed by atoms with Crippen LogP contribution >= 0.6 is 0 Å². The molecule has 0 bridgehead atoms. The van der Waals surface area contributed by atoms with Crippen LogP contribution in [0.25, 0.3) is 22.2 Å². The molecule has 1 atom stereocenters. The third-order valence-corrected chi connectivity index (χ3v) is 4.51. The lowest BCUT2D eigenvalue weighted by atomic mass is 10.0. The van der Waals surface area contributed by atoms with Crippen molar-refractivity contribution in [1.82, 2.24) is 14.8 Å². The van der Waals surface area contributed by atoms with Crippen molar-refractivity contribution in [1.29, 1.82) is 0 Å². The number of aliphatic hydroxyl groups excluding tert-OH is 1. The molecule has 0 amide bonds. The van der Waals surface area contributed by atoms with Gasteiger partial charge in [0.2, 0.25) is 0 Å². The Hall–Kier alpha value is -2.27. The summed E-state index contributed by atoms with van der Waals surface area (Å²) >= 11 is 0. The molecular weight excluding hydrogens is 293 g/mol. The number of nitrogens with zero attached hydrogens (tertiary/aromatic N) is 3. The summed E-state index contributed by atoms with van der Waals surface area (Å²) in [6.45, 7) is 2.24. The molecule has 0 spiro atoms. The average Bonchev–Trinajstić information content (AvgIpc) is 3.33. The SMILES string of the molecule is Cc1cc(-c2cnc3cnn(C[C@@H](O)C4CC4)c3c2)ccc1F. The molecule has 0 aliphatic heterocycles. The molecule has 0 radical (unpaired) electrons. The van der Waals surface area contributed by atoms with Crippen LogP contribution in [0, 0.1) is 18.7 Å². The van der Waals surface area contributed by atoms with Crippen LogP contribution in [0.1, 0.15) is 18.4 Å². The van der Waals surface area contributed by atoms with E-state index in [1.807, 2.05) is 16.8 Å². The fourth-order valence-corrected chi connectivity index (χ4v) is 2.89. The minimum atomic E-state index is -0.352. The van der Waals surface area contributed by atoms with Crippen molar-refractivity contribution in [3.63, 3.8) is 0 Å². The van der Waals surface area contributed by atoms with Gasteiger partial charge in [-0.05, 0) is 55.0 Å². The molecule has 1 aliphatic rings. The Labute approximate surface area is 133 Å². The van der Waals surface area contributed by atoms with Gasteiger partial charge in [0.1, 0.15) is 11.3 Å². The lowest BCUT2D eigenvalue weighted by Crippen LogP contribution is -2.18. The Morgan fingerprint density at radius 2 is 2.09 bits per heavy atom. The van der Waals surface area contributed by atoms with E-state index in [9.17, 15) is 9.50 Å². The molecular formula is C18H18FN3O. The molecule has 2 aromatic heterocycles. The van der Waals surface area contributed by atoms with E-state index >= 15 is 0 Å². The number of halogens is 1. The molecule has 1 N–H and O–H groups in total. The first-order valence-electron chi connectivity index (χ1n) is 7.88. The van der Waals surface area contributed by atoms with Crippen molar-refractivity contribution >= 4 is 11.0 Å². The van der Waals surface area contributed by atoms with Gasteiger partial charge in [0.15, 0.2) is 0 Å². The summed E-state index contributed by atoms with van der Waals surface area (Å²) in [7, 11) is 0. The van der Waals surface area contributed by atoms with Crippen molar-refractivity contribution in [3.8, 4) is 11.1 Å². The summed E-state index contributed by atoms with van der Waals surface area (Å²) in [6.07, 6.45) is 5.33. The van der Waals surface area contributed by atoms with Gasteiger partial charge in [-0.3, -0.25) is 9.67 Å². The van der Waals surface area contributed by atoms with Crippen LogP contribution in [0.3, 0.4) is 0 Å². The Morgan fingerprint density at radius 1 is 1.26 bits per heavy atom. The van der Waals surface area contributed by atoms with E-state index < -0.39 is 0 Å². The molecule has 1 fully saturated rings. The summed E-state index contributed by atoms with van der Waals surface area (Å²) in [5.41, 5.74) is 4.15. The van der Waals surface area contributed by atoms with Gasteiger partial charge in [-0.2, -0.15) is 5.10 Å². The van der Waals surface area contributed by atoms with E-state index in [2.05, 4.69) is 10.1 Å². The molecule has 23 heavy (non-hydrogen) atoms. The molecule has 1 saturated carbocycles. The number of hydrogen-bond donors (Lipinski definition) is 1. The average molecular weight is 311 g/mol. The van der Waals surface area contributed by atoms with Crippen LogP contribution in [0.2, 0.25) is 0 Å². The quantitative estimate of drug-likeness (QED) is 0.804. The van der Waals surface area contributed by atoms with Crippen LogP contribution in [-0.2, 0) is 6.54 Å². The number of rotatable bonds is 4. The smallest absolute Gasteiger partial charge is 0.126 e. The van der Waals surface area contributed by atoms with Crippen molar-refractivity contribution < 1.29 is 9.50 Å². The Morgan fingerprint density at radius 3 is 2.83 bits per heavy atom. The number of aryl methyl sites for hydroxylation is 1. The second kappa shape index (κ2) is 5.42. The molecule has 4 nitrogen and oxygen atoms in total. The van der Waals surface area contributed by atoms with Gasteiger partial charge in [-0.25, -0.2) is 4.39 Å². The number of benzene rings is 1. The third-order valence-electron chi connectivity index (χ3n) is 4.51. The van der Waals surface area contributed by atoms with Crippen molar-refractivity contribution in [3.05, 3.63) is 48.0 Å². The molecule has 1 aromatic carbocycles. The van der Waals surface area contributed by atoms with E-state index in [0.29, 0.717) is 18.0 Å². The van der Waals surface area contributed by atoms with Gasteiger partial charge in [0.05, 0.1) is 24.4 Å². The van der Waals surface area contributed by atoms with Crippen molar-refractivity contribution in [2.24, 2.45) is 5.92 Å². The summed E-state index contributed by atoms with van der Waals surface area (Å²) in [5, 5.41) is 14.5. The predicted molar refractivity (Wildman–Crippen MR) is 86.4 cm³/mol. The van der Waals surface area contributed by atoms with Crippen molar-refractivity contribution in [2.75, 3.05) is 0 Å². The number of aliphatic hydroxyl groups is 1. The summed E-state index contributed by atoms with van der Waals surface area (Å²) < 4.78 is 15.3. The highest BCUT2D eigenvalue weighted by atomic mass is 19.1. The van der Waals surface area contributed by atoms with Crippen LogP contribution in [0.5, 0.6) is 0 Å². The zero-order valence-corrected chi connectivity index (χ0v) is 12.9. The van der Waals surface area contributed by atoms with Gasteiger partial charge in [-0.15, -0.1) is 0 Å². The van der Waals surface area contributed by atoms with Crippen molar-refractivity contribution in [2.45, 2.75) is 32.4 Å². The number of hydrogen-bond acceptors (Lipinski definition) is 3. The van der Waals surface area contributed by atoms with E-state index in [4.69, 9.17) is 0 Å². The summed E-state index contributed by atoms with van der Waals surface area (Å²) in [6, 6.07) is 7.05. The van der Waals surface area contributed by atoms with Crippen LogP contribution < -0.4 is 0 Å². The zero-order valence-electron chi connectivity index (χ0n) is 12.9. The minimum Gasteiger partial charge on any atom is -0.391 e. The maximum absolute atomic E-state index is 13.4. The molecule has 0 unspecified atom stereocenters. The highest BCUT2D eigenvalue weighted by Crippen LogP contribution is 2.33. The first kappa shape index (κ1) is 14.3. The maximum Gasteiger partial charge on any atom is 0.126 e. The van der Waals surface area contributed by atoms with Gasteiger partial charge in [0.25, 0.3) is 0 Å². The Bertz CT molecular complexity index is 870. The lowest BCUT2D eigenvalue weighted by molar-refractivity contribution is 0.128. The van der Waals surface area contributed by atoms with E-state index in [1.54, 1.807) is 25.4 Å². The molecule has 3 aromatic rings. The first-order chi connectivity index (χ1) is 11.1. The van der Waals surface area contributed by atoms with Gasteiger partial charge in [-0.1, -0.05) is 6.07 Å². The molecule has 4 rings (SSSR count). The lowest BCUT2D eigenvalue weighted by Gasteiger charge is -2.10. The molecule has 118 valence electrons. The monoisotopic (exact) mass is 311 g/mol. The van der Waals surface area contributed by atoms with Gasteiger partial charge >= 0.3 is 0 Å². The fourth-order valence-electron chi connectivity index (χ4n) is 2.89. The summed E-state index contributed by atoms with van der Waals surface area (Å²) in [5.74, 6) is 0.200. The third kappa shape index (κ3) is 2.72. The number of fused-ring (bicyclic) bond motifs is 1. The van der Waals surface area contributed by atoms with Crippen LogP contribution in [-0.4, -0.2) is 26.0 Å². The molecule has 5 heteroatoms.